The Labute approximate surface area is 118 Å². The van der Waals surface area contributed by atoms with Gasteiger partial charge in [0.1, 0.15) is 5.82 Å². The van der Waals surface area contributed by atoms with Gasteiger partial charge in [0.25, 0.3) is 0 Å². The van der Waals surface area contributed by atoms with Crippen molar-refractivity contribution < 1.29 is 13.7 Å². The fourth-order valence-electron chi connectivity index (χ4n) is 1.42. The number of thioether (sulfide) groups is 1. The van der Waals surface area contributed by atoms with Crippen LogP contribution < -0.4 is 11.1 Å². The van der Waals surface area contributed by atoms with Crippen LogP contribution in [0, 0.1) is 5.82 Å². The van der Waals surface area contributed by atoms with Crippen LogP contribution in [0.15, 0.2) is 33.7 Å². The van der Waals surface area contributed by atoms with Crippen LogP contribution in [-0.4, -0.2) is 22.6 Å². The Kier molecular flexibility index (Phi) is 5.08. The number of halogens is 1. The fourth-order valence-corrected chi connectivity index (χ4v) is 2.20. The highest BCUT2D eigenvalue weighted by Gasteiger charge is 2.08. The summed E-state index contributed by atoms with van der Waals surface area (Å²) in [7, 11) is 0. The summed E-state index contributed by atoms with van der Waals surface area (Å²) in [5.41, 5.74) is 4.98. The van der Waals surface area contributed by atoms with Gasteiger partial charge in [0, 0.05) is 4.90 Å². The molecule has 0 radical (unpaired) electrons. The molecule has 106 valence electrons. The zero-order valence-corrected chi connectivity index (χ0v) is 11.3. The van der Waals surface area contributed by atoms with Crippen LogP contribution >= 0.6 is 11.8 Å². The van der Waals surface area contributed by atoms with Gasteiger partial charge in [0.2, 0.25) is 11.8 Å². The van der Waals surface area contributed by atoms with Crippen LogP contribution in [0.25, 0.3) is 0 Å². The van der Waals surface area contributed by atoms with Gasteiger partial charge in [-0.25, -0.2) is 4.39 Å². The summed E-state index contributed by atoms with van der Waals surface area (Å²) in [6, 6.07) is 6.49. The quantitative estimate of drug-likeness (QED) is 0.742. The minimum Gasteiger partial charge on any atom is -0.369 e. The Morgan fingerprint density at radius 1 is 1.45 bits per heavy atom. The predicted octanol–water partition coefficient (Wildman–Crippen LogP) is 1.08. The number of carbonyl (C=O) groups is 1. The van der Waals surface area contributed by atoms with Gasteiger partial charge in [-0.15, -0.1) is 11.8 Å². The number of carbonyl (C=O) groups excluding carboxylic acids is 1. The molecule has 0 unspecified atom stereocenters. The third-order valence-corrected chi connectivity index (χ3v) is 3.32. The van der Waals surface area contributed by atoms with Crippen LogP contribution in [0.5, 0.6) is 0 Å². The molecular weight excluding hydrogens is 283 g/mol. The van der Waals surface area contributed by atoms with E-state index < -0.39 is 5.91 Å². The number of aromatic nitrogens is 2. The summed E-state index contributed by atoms with van der Waals surface area (Å²) in [4.78, 5) is 15.2. The molecule has 2 rings (SSSR count). The molecule has 1 heterocycles. The maximum atomic E-state index is 13.4. The number of rotatable bonds is 7. The Morgan fingerprint density at radius 3 is 3.00 bits per heavy atom. The summed E-state index contributed by atoms with van der Waals surface area (Å²) < 4.78 is 18.4. The molecule has 0 saturated heterocycles. The number of primary amides is 1. The van der Waals surface area contributed by atoms with Gasteiger partial charge in [0.15, 0.2) is 5.82 Å². The molecule has 2 aromatic rings. The molecule has 0 aliphatic heterocycles. The number of amides is 1. The van der Waals surface area contributed by atoms with Gasteiger partial charge in [-0.1, -0.05) is 17.3 Å². The SMILES string of the molecule is NC(=O)CNCc1nc(CSc2ccccc2F)no1. The average Bonchev–Trinajstić information content (AvgIpc) is 2.85. The topological polar surface area (TPSA) is 94.0 Å². The second-order valence-corrected chi connectivity index (χ2v) is 4.91. The number of hydrogen-bond acceptors (Lipinski definition) is 6. The Balaban J connectivity index is 1.84. The van der Waals surface area contributed by atoms with E-state index in [1.165, 1.54) is 17.8 Å². The van der Waals surface area contributed by atoms with Crippen molar-refractivity contribution in [2.24, 2.45) is 5.73 Å². The molecule has 20 heavy (non-hydrogen) atoms. The summed E-state index contributed by atoms with van der Waals surface area (Å²) in [6.45, 7) is 0.308. The van der Waals surface area contributed by atoms with Crippen molar-refractivity contribution in [2.75, 3.05) is 6.54 Å². The van der Waals surface area contributed by atoms with Crippen molar-refractivity contribution in [1.82, 2.24) is 15.5 Å². The third-order valence-electron chi connectivity index (χ3n) is 2.28. The minimum absolute atomic E-state index is 0.0433. The number of benzene rings is 1. The molecule has 1 amide bonds. The summed E-state index contributed by atoms with van der Waals surface area (Å²) >= 11 is 1.29. The van der Waals surface area contributed by atoms with Crippen LogP contribution in [0.2, 0.25) is 0 Å². The molecule has 6 nitrogen and oxygen atoms in total. The Morgan fingerprint density at radius 2 is 2.25 bits per heavy atom. The summed E-state index contributed by atoms with van der Waals surface area (Å²) in [6.07, 6.45) is 0. The maximum Gasteiger partial charge on any atom is 0.240 e. The highest BCUT2D eigenvalue weighted by atomic mass is 32.2. The van der Waals surface area contributed by atoms with Crippen molar-refractivity contribution in [3.63, 3.8) is 0 Å². The first-order chi connectivity index (χ1) is 9.65. The molecule has 0 saturated carbocycles. The van der Waals surface area contributed by atoms with E-state index in [4.69, 9.17) is 10.3 Å². The first-order valence-electron chi connectivity index (χ1n) is 5.83. The zero-order chi connectivity index (χ0) is 14.4. The lowest BCUT2D eigenvalue weighted by molar-refractivity contribution is -0.117. The normalized spacial score (nSPS) is 10.7. The van der Waals surface area contributed by atoms with Crippen LogP contribution in [0.1, 0.15) is 11.7 Å². The van der Waals surface area contributed by atoms with Gasteiger partial charge >= 0.3 is 0 Å². The molecule has 8 heteroatoms. The highest BCUT2D eigenvalue weighted by molar-refractivity contribution is 7.98. The first kappa shape index (κ1) is 14.5. The smallest absolute Gasteiger partial charge is 0.240 e. The van der Waals surface area contributed by atoms with E-state index in [1.54, 1.807) is 18.2 Å². The van der Waals surface area contributed by atoms with Gasteiger partial charge < -0.3 is 10.3 Å². The van der Waals surface area contributed by atoms with Gasteiger partial charge in [0.05, 0.1) is 18.8 Å². The van der Waals surface area contributed by atoms with Crippen LogP contribution in [-0.2, 0) is 17.1 Å². The van der Waals surface area contributed by atoms with E-state index in [0.717, 1.165) is 0 Å². The van der Waals surface area contributed by atoms with E-state index >= 15 is 0 Å². The maximum absolute atomic E-state index is 13.4. The summed E-state index contributed by atoms with van der Waals surface area (Å²) in [5, 5.41) is 6.53. The second kappa shape index (κ2) is 7.01. The van der Waals surface area contributed by atoms with E-state index in [1.807, 2.05) is 0 Å². The van der Waals surface area contributed by atoms with E-state index in [-0.39, 0.29) is 18.9 Å². The first-order valence-corrected chi connectivity index (χ1v) is 6.81. The Bertz CT molecular complexity index is 590. The van der Waals surface area contributed by atoms with E-state index in [0.29, 0.717) is 22.4 Å². The standard InChI is InChI=1S/C12H13FN4O2S/c13-8-3-1-2-4-9(8)20-7-11-16-12(19-17-11)6-15-5-10(14)18/h1-4,15H,5-7H2,(H2,14,18). The number of hydrogen-bond donors (Lipinski definition) is 2. The number of nitrogens with one attached hydrogen (secondary N) is 1. The summed E-state index contributed by atoms with van der Waals surface area (Å²) in [5.74, 6) is 0.494. The van der Waals surface area contributed by atoms with Crippen molar-refractivity contribution in [2.45, 2.75) is 17.2 Å². The molecule has 1 aromatic heterocycles. The lowest BCUT2D eigenvalue weighted by Crippen LogP contribution is -2.28. The van der Waals surface area contributed by atoms with Crippen molar-refractivity contribution >= 4 is 17.7 Å². The Hall–Kier alpha value is -1.93. The number of nitrogens with zero attached hydrogens (tertiary/aromatic N) is 2. The molecule has 1 aromatic carbocycles. The predicted molar refractivity (Wildman–Crippen MR) is 71.2 cm³/mol. The lowest BCUT2D eigenvalue weighted by Gasteiger charge is -1.99. The molecule has 0 spiro atoms. The van der Waals surface area contributed by atoms with Crippen molar-refractivity contribution in [3.8, 4) is 0 Å². The molecular formula is C12H13FN4O2S. The molecule has 0 atom stereocenters. The van der Waals surface area contributed by atoms with Crippen molar-refractivity contribution in [1.29, 1.82) is 0 Å². The monoisotopic (exact) mass is 296 g/mol. The van der Waals surface area contributed by atoms with E-state index in [2.05, 4.69) is 15.5 Å². The molecule has 0 bridgehead atoms. The van der Waals surface area contributed by atoms with Crippen LogP contribution in [0.4, 0.5) is 4.39 Å². The molecule has 0 fully saturated rings. The molecule has 3 N–H and O–H groups in total. The average molecular weight is 296 g/mol. The second-order valence-electron chi connectivity index (χ2n) is 3.89. The number of nitrogens with two attached hydrogens (primary N) is 1. The van der Waals surface area contributed by atoms with Gasteiger partial charge in [-0.2, -0.15) is 4.98 Å². The van der Waals surface area contributed by atoms with Gasteiger partial charge in [-0.05, 0) is 12.1 Å². The third kappa shape index (κ3) is 4.32. The van der Waals surface area contributed by atoms with Gasteiger partial charge in [-0.3, -0.25) is 10.1 Å². The largest absolute Gasteiger partial charge is 0.369 e. The fraction of sp³-hybridized carbons (Fsp3) is 0.250. The van der Waals surface area contributed by atoms with E-state index in [9.17, 15) is 9.18 Å². The molecule has 0 aliphatic carbocycles. The van der Waals surface area contributed by atoms with Crippen LogP contribution in [0.3, 0.4) is 0 Å². The highest BCUT2D eigenvalue weighted by Crippen LogP contribution is 2.23. The lowest BCUT2D eigenvalue weighted by atomic mass is 10.3. The van der Waals surface area contributed by atoms with Crippen molar-refractivity contribution in [3.05, 3.63) is 41.8 Å². The minimum atomic E-state index is -0.458. The zero-order valence-electron chi connectivity index (χ0n) is 10.5. The molecule has 0 aliphatic rings.